The molecule has 0 fully saturated rings. The molecule has 0 saturated carbocycles. The van der Waals surface area contributed by atoms with Crippen LogP contribution in [-0.2, 0) is 9.59 Å². The molecule has 0 aliphatic heterocycles. The van der Waals surface area contributed by atoms with Gasteiger partial charge in [0.1, 0.15) is 0 Å². The minimum atomic E-state index is -0.777. The maximum atomic E-state index is 11.9. The van der Waals surface area contributed by atoms with Gasteiger partial charge in [-0.1, -0.05) is 15.9 Å². The monoisotopic (exact) mass is 356 g/mol. The van der Waals surface area contributed by atoms with Gasteiger partial charge in [0.2, 0.25) is 5.91 Å². The van der Waals surface area contributed by atoms with E-state index in [0.29, 0.717) is 19.5 Å². The molecule has 0 radical (unpaired) electrons. The lowest BCUT2D eigenvalue weighted by Crippen LogP contribution is -2.31. The Morgan fingerprint density at radius 2 is 2.05 bits per heavy atom. The van der Waals surface area contributed by atoms with Crippen LogP contribution in [0, 0.1) is 6.92 Å². The first-order valence-electron chi connectivity index (χ1n) is 6.85. The number of hydrogen-bond acceptors (Lipinski definition) is 3. The first kappa shape index (κ1) is 17.7. The van der Waals surface area contributed by atoms with Crippen LogP contribution in [0.2, 0.25) is 0 Å². The number of hydrogen-bond donors (Lipinski definition) is 2. The first-order chi connectivity index (χ1) is 9.88. The molecule has 0 bridgehead atoms. The average Bonchev–Trinajstić information content (AvgIpc) is 2.38. The molecule has 0 spiro atoms. The average molecular weight is 357 g/mol. The molecule has 2 N–H and O–H groups in total. The number of carbonyl (C=O) groups is 2. The molecule has 0 unspecified atom stereocenters. The van der Waals surface area contributed by atoms with Gasteiger partial charge in [-0.25, -0.2) is 0 Å². The van der Waals surface area contributed by atoms with Crippen molar-refractivity contribution in [3.05, 3.63) is 28.2 Å². The van der Waals surface area contributed by atoms with Crippen LogP contribution in [-0.4, -0.2) is 42.0 Å². The van der Waals surface area contributed by atoms with E-state index in [0.717, 1.165) is 22.1 Å². The number of amides is 1. The topological polar surface area (TPSA) is 69.6 Å². The number of aliphatic carboxylic acids is 1. The number of carboxylic acids is 1. The maximum Gasteiger partial charge on any atom is 0.303 e. The fourth-order valence-corrected chi connectivity index (χ4v) is 2.41. The third-order valence-corrected chi connectivity index (χ3v) is 3.55. The summed E-state index contributed by atoms with van der Waals surface area (Å²) in [4.78, 5) is 24.2. The summed E-state index contributed by atoms with van der Waals surface area (Å²) in [7, 11) is 1.86. The Morgan fingerprint density at radius 3 is 2.67 bits per heavy atom. The van der Waals surface area contributed by atoms with Crippen molar-refractivity contribution in [3.8, 4) is 0 Å². The summed E-state index contributed by atoms with van der Waals surface area (Å²) in [6.45, 7) is 2.94. The third-order valence-electron chi connectivity index (χ3n) is 3.06. The molecule has 21 heavy (non-hydrogen) atoms. The van der Waals surface area contributed by atoms with E-state index in [1.54, 1.807) is 0 Å². The van der Waals surface area contributed by atoms with E-state index in [9.17, 15) is 9.59 Å². The largest absolute Gasteiger partial charge is 0.481 e. The molecule has 6 heteroatoms. The van der Waals surface area contributed by atoms with Crippen LogP contribution < -0.4 is 5.32 Å². The number of halogens is 1. The summed E-state index contributed by atoms with van der Waals surface area (Å²) < 4.78 is 0.980. The highest BCUT2D eigenvalue weighted by Gasteiger charge is 2.08. The van der Waals surface area contributed by atoms with Crippen LogP contribution in [0.5, 0.6) is 0 Å². The number of anilines is 1. The van der Waals surface area contributed by atoms with Crippen LogP contribution in [0.1, 0.15) is 24.8 Å². The van der Waals surface area contributed by atoms with E-state index in [2.05, 4.69) is 21.2 Å². The number of aryl methyl sites for hydroxylation is 1. The number of unbranched alkanes of at least 4 members (excludes halogenated alkanes) is 1. The predicted octanol–water partition coefficient (Wildman–Crippen LogP) is 2.88. The van der Waals surface area contributed by atoms with Crippen molar-refractivity contribution < 1.29 is 14.7 Å². The van der Waals surface area contributed by atoms with E-state index < -0.39 is 5.97 Å². The SMILES string of the molecule is Cc1cc(Br)ccc1NC(=O)CN(C)CCCCC(=O)O. The lowest BCUT2D eigenvalue weighted by atomic mass is 10.2. The van der Waals surface area contributed by atoms with Crippen LogP contribution in [0.25, 0.3) is 0 Å². The summed E-state index contributed by atoms with van der Waals surface area (Å²) in [6.07, 6.45) is 1.58. The van der Waals surface area contributed by atoms with Crippen molar-refractivity contribution >= 4 is 33.5 Å². The third kappa shape index (κ3) is 7.24. The van der Waals surface area contributed by atoms with Crippen LogP contribution >= 0.6 is 15.9 Å². The molecule has 0 saturated heterocycles. The maximum absolute atomic E-state index is 11.9. The molecule has 1 aromatic carbocycles. The Balaban J connectivity index is 2.34. The van der Waals surface area contributed by atoms with Crippen molar-refractivity contribution in [3.63, 3.8) is 0 Å². The van der Waals surface area contributed by atoms with Gasteiger partial charge in [-0.05, 0) is 57.1 Å². The summed E-state index contributed by atoms with van der Waals surface area (Å²) in [5, 5.41) is 11.4. The Hall–Kier alpha value is -1.40. The predicted molar refractivity (Wildman–Crippen MR) is 86.5 cm³/mol. The zero-order valence-electron chi connectivity index (χ0n) is 12.4. The van der Waals surface area contributed by atoms with Gasteiger partial charge in [0.25, 0.3) is 0 Å². The van der Waals surface area contributed by atoms with Gasteiger partial charge in [-0.15, -0.1) is 0 Å². The van der Waals surface area contributed by atoms with Crippen molar-refractivity contribution in [1.82, 2.24) is 4.90 Å². The first-order valence-corrected chi connectivity index (χ1v) is 7.64. The molecule has 0 aromatic heterocycles. The molecular formula is C15H21BrN2O3. The van der Waals surface area contributed by atoms with Crippen LogP contribution in [0.15, 0.2) is 22.7 Å². The van der Waals surface area contributed by atoms with E-state index >= 15 is 0 Å². The van der Waals surface area contributed by atoms with Gasteiger partial charge in [-0.3, -0.25) is 14.5 Å². The second-order valence-corrected chi connectivity index (χ2v) is 6.01. The van der Waals surface area contributed by atoms with Gasteiger partial charge in [0.15, 0.2) is 0 Å². The number of rotatable bonds is 8. The number of likely N-dealkylation sites (N-methyl/N-ethyl adjacent to an activating group) is 1. The molecule has 0 heterocycles. The Labute approximate surface area is 133 Å². The van der Waals surface area contributed by atoms with Crippen molar-refractivity contribution in [1.29, 1.82) is 0 Å². The molecule has 1 amide bonds. The van der Waals surface area contributed by atoms with Gasteiger partial charge >= 0.3 is 5.97 Å². The molecule has 0 aliphatic carbocycles. The second-order valence-electron chi connectivity index (χ2n) is 5.10. The lowest BCUT2D eigenvalue weighted by Gasteiger charge is -2.16. The Kier molecular flexibility index (Phi) is 7.39. The lowest BCUT2D eigenvalue weighted by molar-refractivity contribution is -0.137. The molecule has 116 valence electrons. The molecule has 0 atom stereocenters. The zero-order valence-corrected chi connectivity index (χ0v) is 13.9. The Morgan fingerprint density at radius 1 is 1.33 bits per heavy atom. The highest BCUT2D eigenvalue weighted by molar-refractivity contribution is 9.10. The minimum absolute atomic E-state index is 0.0684. The number of nitrogens with zero attached hydrogens (tertiary/aromatic N) is 1. The van der Waals surface area contributed by atoms with Crippen LogP contribution in [0.3, 0.4) is 0 Å². The van der Waals surface area contributed by atoms with Crippen molar-refractivity contribution in [2.75, 3.05) is 25.5 Å². The van der Waals surface area contributed by atoms with Crippen molar-refractivity contribution in [2.24, 2.45) is 0 Å². The number of nitrogens with one attached hydrogen (secondary N) is 1. The Bertz CT molecular complexity index is 506. The standard InChI is InChI=1S/C15H21BrN2O3/c1-11-9-12(16)6-7-13(11)17-14(19)10-18(2)8-4-3-5-15(20)21/h6-7,9H,3-5,8,10H2,1-2H3,(H,17,19)(H,20,21). The van der Waals surface area contributed by atoms with Crippen LogP contribution in [0.4, 0.5) is 5.69 Å². The molecular weight excluding hydrogens is 336 g/mol. The quantitative estimate of drug-likeness (QED) is 0.702. The van der Waals surface area contributed by atoms with Gasteiger partial charge in [0, 0.05) is 16.6 Å². The van der Waals surface area contributed by atoms with E-state index in [1.807, 2.05) is 37.1 Å². The highest BCUT2D eigenvalue weighted by Crippen LogP contribution is 2.19. The van der Waals surface area contributed by atoms with Gasteiger partial charge < -0.3 is 10.4 Å². The van der Waals surface area contributed by atoms with E-state index in [4.69, 9.17) is 5.11 Å². The number of carbonyl (C=O) groups excluding carboxylic acids is 1. The van der Waals surface area contributed by atoms with Gasteiger partial charge in [0.05, 0.1) is 6.54 Å². The summed E-state index contributed by atoms with van der Waals surface area (Å²) in [5.41, 5.74) is 1.81. The summed E-state index contributed by atoms with van der Waals surface area (Å²) in [5.74, 6) is -0.845. The second kappa shape index (κ2) is 8.79. The molecule has 0 aliphatic rings. The van der Waals surface area contributed by atoms with Crippen molar-refractivity contribution in [2.45, 2.75) is 26.2 Å². The normalized spacial score (nSPS) is 10.7. The number of carboxylic acid groups (broad SMARTS) is 1. The van der Waals surface area contributed by atoms with Gasteiger partial charge in [-0.2, -0.15) is 0 Å². The highest BCUT2D eigenvalue weighted by atomic mass is 79.9. The fourth-order valence-electron chi connectivity index (χ4n) is 1.94. The smallest absolute Gasteiger partial charge is 0.303 e. The van der Waals surface area contributed by atoms with E-state index in [1.165, 1.54) is 0 Å². The fraction of sp³-hybridized carbons (Fsp3) is 0.467. The van der Waals surface area contributed by atoms with E-state index in [-0.39, 0.29) is 12.3 Å². The molecule has 1 aromatic rings. The molecule has 5 nitrogen and oxygen atoms in total. The summed E-state index contributed by atoms with van der Waals surface area (Å²) >= 11 is 3.39. The zero-order chi connectivity index (χ0) is 15.8. The number of benzene rings is 1. The summed E-state index contributed by atoms with van der Waals surface area (Å²) in [6, 6.07) is 5.70. The molecule has 1 rings (SSSR count). The minimum Gasteiger partial charge on any atom is -0.481 e.